The predicted octanol–water partition coefficient (Wildman–Crippen LogP) is 2.44. The van der Waals surface area contributed by atoms with E-state index >= 15 is 0 Å². The third-order valence-corrected chi connectivity index (χ3v) is 3.26. The van der Waals surface area contributed by atoms with Gasteiger partial charge in [-0.1, -0.05) is 0 Å². The lowest BCUT2D eigenvalue weighted by Crippen LogP contribution is -2.26. The molecule has 15 heavy (non-hydrogen) atoms. The SMILES string of the molecule is CCOP(=O)(OCC)C(=[N+]=[N-])C(F)(F)F. The van der Waals surface area contributed by atoms with E-state index in [9.17, 15) is 17.7 Å². The molecule has 0 radical (unpaired) electrons. The van der Waals surface area contributed by atoms with E-state index in [2.05, 4.69) is 9.05 Å². The van der Waals surface area contributed by atoms with Gasteiger partial charge in [-0.15, -0.1) is 0 Å². The van der Waals surface area contributed by atoms with Crippen LogP contribution < -0.4 is 0 Å². The Morgan fingerprint density at radius 2 is 1.73 bits per heavy atom. The summed E-state index contributed by atoms with van der Waals surface area (Å²) in [7, 11) is -4.58. The fourth-order valence-electron chi connectivity index (χ4n) is 0.766. The van der Waals surface area contributed by atoms with Gasteiger partial charge in [-0.25, -0.2) is 4.57 Å². The van der Waals surface area contributed by atoms with Gasteiger partial charge in [-0.3, -0.25) is 0 Å². The number of alkyl halides is 3. The molecule has 0 saturated heterocycles. The van der Waals surface area contributed by atoms with Crippen molar-refractivity contribution in [2.75, 3.05) is 13.2 Å². The Balaban J connectivity index is 5.24. The molecule has 0 saturated carbocycles. The summed E-state index contributed by atoms with van der Waals surface area (Å²) in [4.78, 5) is 1.95. The van der Waals surface area contributed by atoms with Crippen molar-refractivity contribution < 1.29 is 31.6 Å². The van der Waals surface area contributed by atoms with Crippen LogP contribution >= 0.6 is 7.60 Å². The lowest BCUT2D eigenvalue weighted by Gasteiger charge is -2.13. The minimum Gasteiger partial charge on any atom is -0.360 e. The van der Waals surface area contributed by atoms with Gasteiger partial charge >= 0.3 is 19.2 Å². The Morgan fingerprint density at radius 1 is 1.33 bits per heavy atom. The molecule has 0 aliphatic heterocycles. The summed E-state index contributed by atoms with van der Waals surface area (Å²) in [6, 6.07) is 0. The molecule has 0 N–H and O–H groups in total. The molecule has 0 rings (SSSR count). The smallest absolute Gasteiger partial charge is 0.360 e. The zero-order chi connectivity index (χ0) is 12.1. The Morgan fingerprint density at radius 3 is 1.93 bits per heavy atom. The monoisotopic (exact) mass is 246 g/mol. The third-order valence-electron chi connectivity index (χ3n) is 1.21. The van der Waals surface area contributed by atoms with Gasteiger partial charge in [0.2, 0.25) is 0 Å². The summed E-state index contributed by atoms with van der Waals surface area (Å²) < 4.78 is 57.0. The van der Waals surface area contributed by atoms with Crippen LogP contribution in [-0.4, -0.2) is 29.6 Å². The van der Waals surface area contributed by atoms with Crippen molar-refractivity contribution in [1.82, 2.24) is 0 Å². The van der Waals surface area contributed by atoms with E-state index in [1.165, 1.54) is 13.8 Å². The minimum atomic E-state index is -5.06. The summed E-state index contributed by atoms with van der Waals surface area (Å²) in [5, 5.41) is 0. The summed E-state index contributed by atoms with van der Waals surface area (Å²) in [6.45, 7) is 2.17. The fourth-order valence-corrected chi connectivity index (χ4v) is 2.19. The van der Waals surface area contributed by atoms with Crippen molar-refractivity contribution in [2.45, 2.75) is 20.0 Å². The van der Waals surface area contributed by atoms with Crippen LogP contribution in [0.2, 0.25) is 0 Å². The molecule has 9 heteroatoms. The van der Waals surface area contributed by atoms with Crippen LogP contribution in [0.3, 0.4) is 0 Å². The van der Waals surface area contributed by atoms with Crippen LogP contribution in [0.1, 0.15) is 13.8 Å². The van der Waals surface area contributed by atoms with E-state index in [0.717, 1.165) is 0 Å². The van der Waals surface area contributed by atoms with Gasteiger partial charge in [0.15, 0.2) is 0 Å². The molecule has 0 bridgehead atoms. The molecule has 0 spiro atoms. The highest BCUT2D eigenvalue weighted by atomic mass is 31.2. The maximum Gasteiger partial charge on any atom is 0.504 e. The molecule has 0 heterocycles. The van der Waals surface area contributed by atoms with E-state index in [0.29, 0.717) is 0 Å². The topological polar surface area (TPSA) is 71.9 Å². The first kappa shape index (κ1) is 14.3. The van der Waals surface area contributed by atoms with Crippen LogP contribution in [0.5, 0.6) is 0 Å². The predicted molar refractivity (Wildman–Crippen MR) is 45.5 cm³/mol. The Bertz CT molecular complexity index is 301. The standard InChI is InChI=1S/C6H10F3N2O3P/c1-3-13-15(12,14-4-2)5(11-10)6(7,8)9/h3-4H2,1-2H3. The van der Waals surface area contributed by atoms with Gasteiger partial charge in [0.25, 0.3) is 0 Å². The van der Waals surface area contributed by atoms with Crippen LogP contribution in [0.15, 0.2) is 0 Å². The van der Waals surface area contributed by atoms with Crippen LogP contribution in [-0.2, 0) is 13.6 Å². The highest BCUT2D eigenvalue weighted by Gasteiger charge is 2.59. The van der Waals surface area contributed by atoms with Crippen molar-refractivity contribution in [3.8, 4) is 0 Å². The maximum atomic E-state index is 12.2. The summed E-state index contributed by atoms with van der Waals surface area (Å²) in [6.07, 6.45) is -5.06. The Kier molecular flexibility index (Phi) is 5.17. The Labute approximate surface area is 84.3 Å². The van der Waals surface area contributed by atoms with Crippen LogP contribution in [0.25, 0.3) is 5.53 Å². The maximum absolute atomic E-state index is 12.2. The first-order valence-electron chi connectivity index (χ1n) is 4.00. The molecule has 5 nitrogen and oxygen atoms in total. The average molecular weight is 246 g/mol. The number of nitrogens with zero attached hydrogens (tertiary/aromatic N) is 2. The molecule has 0 aliphatic rings. The second kappa shape index (κ2) is 5.42. The van der Waals surface area contributed by atoms with Gasteiger partial charge in [0.05, 0.1) is 13.2 Å². The molecule has 0 aliphatic carbocycles. The van der Waals surface area contributed by atoms with Gasteiger partial charge in [-0.05, 0) is 13.8 Å². The first-order valence-corrected chi connectivity index (χ1v) is 5.55. The molecule has 0 fully saturated rings. The highest BCUT2D eigenvalue weighted by Crippen LogP contribution is 2.53. The number of halogens is 3. The van der Waals surface area contributed by atoms with Crippen molar-refractivity contribution in [2.24, 2.45) is 0 Å². The normalized spacial score (nSPS) is 12.3. The second-order valence-corrected chi connectivity index (χ2v) is 4.19. The molecule has 0 unspecified atom stereocenters. The van der Waals surface area contributed by atoms with Crippen molar-refractivity contribution >= 4 is 13.0 Å². The fraction of sp³-hybridized carbons (Fsp3) is 0.833. The zero-order valence-electron chi connectivity index (χ0n) is 8.11. The molecule has 0 aromatic heterocycles. The highest BCUT2D eigenvalue weighted by molar-refractivity contribution is 7.72. The van der Waals surface area contributed by atoms with Crippen molar-refractivity contribution in [1.29, 1.82) is 0 Å². The third kappa shape index (κ3) is 3.76. The first-order chi connectivity index (χ1) is 6.81. The lowest BCUT2D eigenvalue weighted by molar-refractivity contribution is -0.109. The largest absolute Gasteiger partial charge is 0.504 e. The summed E-state index contributed by atoms with van der Waals surface area (Å²) in [5.41, 5.74) is 6.24. The van der Waals surface area contributed by atoms with Gasteiger partial charge < -0.3 is 14.6 Å². The van der Waals surface area contributed by atoms with Crippen molar-refractivity contribution in [3.63, 3.8) is 0 Å². The van der Waals surface area contributed by atoms with Crippen molar-refractivity contribution in [3.05, 3.63) is 5.53 Å². The molecule has 0 aromatic rings. The lowest BCUT2D eigenvalue weighted by atomic mass is 10.7. The van der Waals surface area contributed by atoms with Crippen LogP contribution in [0.4, 0.5) is 13.2 Å². The minimum absolute atomic E-state index is 0.258. The van der Waals surface area contributed by atoms with Gasteiger partial charge in [-0.2, -0.15) is 18.0 Å². The summed E-state index contributed by atoms with van der Waals surface area (Å²) >= 11 is 0. The molecule has 0 atom stereocenters. The zero-order valence-corrected chi connectivity index (χ0v) is 9.01. The van der Waals surface area contributed by atoms with Gasteiger partial charge in [0.1, 0.15) is 0 Å². The Hall–Kier alpha value is -0.680. The number of hydrogen-bond donors (Lipinski definition) is 0. The van der Waals surface area contributed by atoms with Crippen LogP contribution in [0, 0.1) is 0 Å². The van der Waals surface area contributed by atoms with E-state index < -0.39 is 19.2 Å². The summed E-state index contributed by atoms with van der Waals surface area (Å²) in [5.74, 6) is 0. The van der Waals surface area contributed by atoms with Gasteiger partial charge in [0, 0.05) is 0 Å². The molecule has 0 aromatic carbocycles. The molecule has 0 amide bonds. The quantitative estimate of drug-likeness (QED) is 0.323. The number of hydrogen-bond acceptors (Lipinski definition) is 3. The number of rotatable bonds is 5. The van der Waals surface area contributed by atoms with E-state index in [-0.39, 0.29) is 13.2 Å². The second-order valence-electron chi connectivity index (χ2n) is 2.25. The molecular formula is C6H10F3N2O3P. The average Bonchev–Trinajstić information content (AvgIpc) is 2.02. The van der Waals surface area contributed by atoms with E-state index in [1.807, 2.05) is 4.79 Å². The molecular weight excluding hydrogens is 236 g/mol. The van der Waals surface area contributed by atoms with E-state index in [4.69, 9.17) is 5.53 Å². The molecule has 88 valence electrons. The van der Waals surface area contributed by atoms with E-state index in [1.54, 1.807) is 0 Å².